The Kier molecular flexibility index (Phi) is 6.88. The number of hydrogen-bond donors (Lipinski definition) is 0. The van der Waals surface area contributed by atoms with Gasteiger partial charge in [-0.3, -0.25) is 0 Å². The number of hydrogen-bond acceptors (Lipinski definition) is 3. The van der Waals surface area contributed by atoms with Gasteiger partial charge in [-0.05, 0) is 49.9 Å². The van der Waals surface area contributed by atoms with Crippen LogP contribution in [-0.4, -0.2) is 31.4 Å². The zero-order chi connectivity index (χ0) is 18.5. The van der Waals surface area contributed by atoms with E-state index in [2.05, 4.69) is 5.92 Å². The zero-order valence-corrected chi connectivity index (χ0v) is 16.4. The summed E-state index contributed by atoms with van der Waals surface area (Å²) in [5.74, 6) is 3.62. The van der Waals surface area contributed by atoms with Crippen molar-refractivity contribution in [1.82, 2.24) is 4.31 Å². The van der Waals surface area contributed by atoms with Crippen LogP contribution in [0.5, 0.6) is 5.75 Å². The molecule has 134 valence electrons. The first-order valence-electron chi connectivity index (χ1n) is 8.25. The number of rotatable bonds is 8. The predicted molar refractivity (Wildman–Crippen MR) is 98.4 cm³/mol. The second-order valence-corrected chi connectivity index (χ2v) is 9.28. The molecule has 5 heteroatoms. The monoisotopic (exact) mass is 351 g/mol. The first kappa shape index (κ1) is 20.5. The molecular weight excluding hydrogens is 322 g/mol. The quantitative estimate of drug-likeness (QED) is 0.670. The average Bonchev–Trinajstić information content (AvgIpc) is 2.46. The third-order valence-electron chi connectivity index (χ3n) is 3.32. The summed E-state index contributed by atoms with van der Waals surface area (Å²) >= 11 is 0. The smallest absolute Gasteiger partial charge is 0.243 e. The van der Waals surface area contributed by atoms with Crippen molar-refractivity contribution in [3.05, 3.63) is 24.3 Å². The third kappa shape index (κ3) is 5.85. The number of terminal acetylenes is 1. The zero-order valence-electron chi connectivity index (χ0n) is 15.5. The predicted octanol–water partition coefficient (Wildman–Crippen LogP) is 3.78. The fourth-order valence-corrected chi connectivity index (χ4v) is 4.01. The van der Waals surface area contributed by atoms with Crippen molar-refractivity contribution in [3.63, 3.8) is 0 Å². The molecule has 1 aromatic carbocycles. The second-order valence-electron chi connectivity index (χ2n) is 7.34. The summed E-state index contributed by atoms with van der Waals surface area (Å²) < 4.78 is 33.0. The van der Waals surface area contributed by atoms with Gasteiger partial charge in [-0.15, -0.1) is 6.42 Å². The lowest BCUT2D eigenvalue weighted by Gasteiger charge is -2.26. The standard InChI is InChI=1S/C19H29NO3S/c1-8-19(6,7)23-17-9-11-18(12-10-17)24(21,22)20(13-15(2)3)14-16(4)5/h1,9-12,15-16H,13-14H2,2-7H3. The molecule has 0 fully saturated rings. The lowest BCUT2D eigenvalue weighted by atomic mass is 10.1. The van der Waals surface area contributed by atoms with E-state index in [4.69, 9.17) is 11.2 Å². The van der Waals surface area contributed by atoms with Crippen LogP contribution in [-0.2, 0) is 10.0 Å². The van der Waals surface area contributed by atoms with Gasteiger partial charge in [0.15, 0.2) is 5.60 Å². The molecule has 0 saturated carbocycles. The summed E-state index contributed by atoms with van der Waals surface area (Å²) in [5.41, 5.74) is -0.734. The van der Waals surface area contributed by atoms with E-state index >= 15 is 0 Å². The maximum atomic E-state index is 12.9. The molecule has 0 aliphatic rings. The van der Waals surface area contributed by atoms with Crippen molar-refractivity contribution >= 4 is 10.0 Å². The van der Waals surface area contributed by atoms with Crippen molar-refractivity contribution in [2.75, 3.05) is 13.1 Å². The maximum absolute atomic E-state index is 12.9. The van der Waals surface area contributed by atoms with E-state index in [0.29, 0.717) is 18.8 Å². The Hall–Kier alpha value is -1.51. The molecule has 0 aliphatic heterocycles. The van der Waals surface area contributed by atoms with Crippen molar-refractivity contribution in [2.45, 2.75) is 52.0 Å². The number of benzene rings is 1. The molecule has 24 heavy (non-hydrogen) atoms. The number of ether oxygens (including phenoxy) is 1. The van der Waals surface area contributed by atoms with Crippen LogP contribution in [0.4, 0.5) is 0 Å². The highest BCUT2D eigenvalue weighted by atomic mass is 32.2. The van der Waals surface area contributed by atoms with Gasteiger partial charge in [0, 0.05) is 13.1 Å². The van der Waals surface area contributed by atoms with E-state index in [1.165, 1.54) is 0 Å². The van der Waals surface area contributed by atoms with Gasteiger partial charge in [0.05, 0.1) is 4.90 Å². The molecule has 4 nitrogen and oxygen atoms in total. The molecule has 1 aromatic rings. The number of sulfonamides is 1. The Bertz CT molecular complexity index is 658. The Morgan fingerprint density at radius 1 is 1.08 bits per heavy atom. The summed E-state index contributed by atoms with van der Waals surface area (Å²) in [6.45, 7) is 12.6. The first-order chi connectivity index (χ1) is 11.0. The molecule has 0 radical (unpaired) electrons. The van der Waals surface area contributed by atoms with E-state index in [9.17, 15) is 8.42 Å². The minimum absolute atomic E-state index is 0.262. The lowest BCUT2D eigenvalue weighted by Crippen LogP contribution is -2.37. The highest BCUT2D eigenvalue weighted by Gasteiger charge is 2.26. The Morgan fingerprint density at radius 3 is 1.92 bits per heavy atom. The van der Waals surface area contributed by atoms with Crippen LogP contribution in [0.2, 0.25) is 0 Å². The van der Waals surface area contributed by atoms with Gasteiger partial charge < -0.3 is 4.74 Å². The SMILES string of the molecule is C#CC(C)(C)Oc1ccc(S(=O)(=O)N(CC(C)C)CC(C)C)cc1. The van der Waals surface area contributed by atoms with Crippen LogP contribution in [0.3, 0.4) is 0 Å². The fourth-order valence-electron chi connectivity index (χ4n) is 2.24. The van der Waals surface area contributed by atoms with Gasteiger partial charge in [0.2, 0.25) is 10.0 Å². The highest BCUT2D eigenvalue weighted by Crippen LogP contribution is 2.23. The first-order valence-corrected chi connectivity index (χ1v) is 9.69. The Balaban J connectivity index is 3.06. The largest absolute Gasteiger partial charge is 0.475 e. The Morgan fingerprint density at radius 2 is 1.54 bits per heavy atom. The van der Waals surface area contributed by atoms with Gasteiger partial charge in [0.1, 0.15) is 5.75 Å². The highest BCUT2D eigenvalue weighted by molar-refractivity contribution is 7.89. The van der Waals surface area contributed by atoms with Crippen molar-refractivity contribution in [2.24, 2.45) is 11.8 Å². The minimum Gasteiger partial charge on any atom is -0.475 e. The van der Waals surface area contributed by atoms with E-state index in [1.807, 2.05) is 27.7 Å². The normalized spacial score (nSPS) is 12.7. The molecule has 0 saturated heterocycles. The average molecular weight is 352 g/mol. The Labute approximate surface area is 147 Å². The van der Waals surface area contributed by atoms with Gasteiger partial charge in [-0.2, -0.15) is 4.31 Å². The van der Waals surface area contributed by atoms with Gasteiger partial charge in [-0.1, -0.05) is 33.6 Å². The van der Waals surface area contributed by atoms with Gasteiger partial charge >= 0.3 is 0 Å². The van der Waals surface area contributed by atoms with E-state index in [0.717, 1.165) is 0 Å². The van der Waals surface area contributed by atoms with Crippen molar-refractivity contribution in [3.8, 4) is 18.1 Å². The second kappa shape index (κ2) is 8.04. The summed E-state index contributed by atoms with van der Waals surface area (Å²) in [6, 6.07) is 6.44. The van der Waals surface area contributed by atoms with Crippen LogP contribution in [0.25, 0.3) is 0 Å². The molecule has 0 spiro atoms. The van der Waals surface area contributed by atoms with Gasteiger partial charge in [0.25, 0.3) is 0 Å². The molecule has 0 amide bonds. The minimum atomic E-state index is -3.52. The summed E-state index contributed by atoms with van der Waals surface area (Å²) in [7, 11) is -3.52. The van der Waals surface area contributed by atoms with Crippen LogP contribution >= 0.6 is 0 Å². The molecule has 0 N–H and O–H groups in total. The fraction of sp³-hybridized carbons (Fsp3) is 0.579. The molecule has 0 aliphatic carbocycles. The molecule has 0 unspecified atom stereocenters. The van der Waals surface area contributed by atoms with Crippen LogP contribution in [0.1, 0.15) is 41.5 Å². The molecular formula is C19H29NO3S. The van der Waals surface area contributed by atoms with E-state index in [1.54, 1.807) is 42.4 Å². The molecule has 0 heterocycles. The topological polar surface area (TPSA) is 46.6 Å². The molecule has 1 rings (SSSR count). The summed E-state index contributed by atoms with van der Waals surface area (Å²) in [5, 5.41) is 0. The third-order valence-corrected chi connectivity index (χ3v) is 5.17. The van der Waals surface area contributed by atoms with Crippen molar-refractivity contribution < 1.29 is 13.2 Å². The maximum Gasteiger partial charge on any atom is 0.243 e. The van der Waals surface area contributed by atoms with Gasteiger partial charge in [-0.25, -0.2) is 8.42 Å². The van der Waals surface area contributed by atoms with Crippen LogP contribution in [0.15, 0.2) is 29.2 Å². The summed E-state index contributed by atoms with van der Waals surface area (Å²) in [4.78, 5) is 0.273. The summed E-state index contributed by atoms with van der Waals surface area (Å²) in [6.07, 6.45) is 5.41. The van der Waals surface area contributed by atoms with Crippen LogP contribution in [0, 0.1) is 24.2 Å². The van der Waals surface area contributed by atoms with E-state index < -0.39 is 15.6 Å². The molecule has 0 bridgehead atoms. The van der Waals surface area contributed by atoms with E-state index in [-0.39, 0.29) is 16.7 Å². The number of nitrogens with zero attached hydrogens (tertiary/aromatic N) is 1. The lowest BCUT2D eigenvalue weighted by molar-refractivity contribution is 0.172. The van der Waals surface area contributed by atoms with Crippen LogP contribution < -0.4 is 4.74 Å². The van der Waals surface area contributed by atoms with Crippen molar-refractivity contribution in [1.29, 1.82) is 0 Å². The molecule has 0 atom stereocenters. The molecule has 0 aromatic heterocycles.